The predicted molar refractivity (Wildman–Crippen MR) is 199 cm³/mol. The number of esters is 2. The zero-order valence-corrected chi connectivity index (χ0v) is 33.2. The van der Waals surface area contributed by atoms with Gasteiger partial charge in [0.25, 0.3) is 0 Å². The first-order valence-electron chi connectivity index (χ1n) is 20.0. The minimum atomic E-state index is -1.80. The van der Waals surface area contributed by atoms with E-state index in [4.69, 9.17) is 18.9 Å². The second-order valence-corrected chi connectivity index (χ2v) is 18.4. The molecule has 4 saturated carbocycles. The van der Waals surface area contributed by atoms with Crippen LogP contribution in [0.15, 0.2) is 24.3 Å². The molecule has 5 fully saturated rings. The summed E-state index contributed by atoms with van der Waals surface area (Å²) in [6.07, 6.45) is 1.31. The molecule has 0 amide bonds. The molecule has 5 aliphatic rings. The molecule has 8 bridgehead atoms. The van der Waals surface area contributed by atoms with Crippen molar-refractivity contribution in [1.82, 2.24) is 0 Å². The van der Waals surface area contributed by atoms with Crippen molar-refractivity contribution in [3.63, 3.8) is 0 Å². The normalized spacial score (nSPS) is 41.5. The van der Waals surface area contributed by atoms with Gasteiger partial charge in [-0.15, -0.1) is 0 Å². The van der Waals surface area contributed by atoms with E-state index in [2.05, 4.69) is 27.0 Å². The summed E-state index contributed by atoms with van der Waals surface area (Å²) in [5.41, 5.74) is -0.688. The molecule has 312 valence electrons. The Kier molecular flexibility index (Phi) is 12.8. The minimum Gasteiger partial charge on any atom is -0.481 e. The van der Waals surface area contributed by atoms with E-state index in [0.29, 0.717) is 64.2 Å². The number of ether oxygens (including phenoxy) is 4. The van der Waals surface area contributed by atoms with Crippen LogP contribution in [-0.2, 0) is 47.7 Å². The van der Waals surface area contributed by atoms with Gasteiger partial charge in [0.1, 0.15) is 11.8 Å². The molecule has 4 N–H and O–H groups in total. The third-order valence-electron chi connectivity index (χ3n) is 14.9. The zero-order valence-electron chi connectivity index (χ0n) is 33.2. The highest BCUT2D eigenvalue weighted by atomic mass is 16.6. The van der Waals surface area contributed by atoms with Crippen molar-refractivity contribution in [1.29, 1.82) is 0 Å². The van der Waals surface area contributed by atoms with Crippen molar-refractivity contribution in [2.24, 2.45) is 57.2 Å². The Morgan fingerprint density at radius 1 is 0.625 bits per heavy atom. The molecule has 12 atom stereocenters. The molecular formula is C42H60O14. The number of hydrogen-bond donors (Lipinski definition) is 4. The van der Waals surface area contributed by atoms with E-state index >= 15 is 0 Å². The van der Waals surface area contributed by atoms with Crippen LogP contribution in [0.5, 0.6) is 0 Å². The summed E-state index contributed by atoms with van der Waals surface area (Å²) >= 11 is 0. The molecule has 0 aromatic carbocycles. The van der Waals surface area contributed by atoms with Crippen molar-refractivity contribution in [2.75, 3.05) is 26.4 Å². The van der Waals surface area contributed by atoms with Crippen LogP contribution in [0.25, 0.3) is 0 Å². The quantitative estimate of drug-likeness (QED) is 0.186. The monoisotopic (exact) mass is 788 g/mol. The van der Waals surface area contributed by atoms with Crippen molar-refractivity contribution >= 4 is 35.8 Å². The fourth-order valence-electron chi connectivity index (χ4n) is 11.9. The van der Waals surface area contributed by atoms with E-state index in [1.165, 1.54) is 0 Å². The summed E-state index contributed by atoms with van der Waals surface area (Å²) in [7, 11) is 0. The third-order valence-corrected chi connectivity index (χ3v) is 14.9. The molecule has 5 rings (SSSR count). The molecule has 1 aliphatic heterocycles. The zero-order chi connectivity index (χ0) is 41.4. The van der Waals surface area contributed by atoms with Gasteiger partial charge in [-0.05, 0) is 74.0 Å². The number of carbonyl (C=O) groups is 6. The molecule has 1 heterocycles. The van der Waals surface area contributed by atoms with Crippen LogP contribution >= 0.6 is 0 Å². The van der Waals surface area contributed by atoms with E-state index in [0.717, 1.165) is 11.1 Å². The van der Waals surface area contributed by atoms with Crippen LogP contribution in [0, 0.1) is 57.2 Å². The lowest BCUT2D eigenvalue weighted by atomic mass is 9.47. The fourth-order valence-corrected chi connectivity index (χ4v) is 11.9. The Labute approximate surface area is 328 Å². The van der Waals surface area contributed by atoms with E-state index in [-0.39, 0.29) is 38.3 Å². The Morgan fingerprint density at radius 2 is 0.982 bits per heavy atom. The molecule has 0 aromatic rings. The minimum absolute atomic E-state index is 0.104. The highest BCUT2D eigenvalue weighted by molar-refractivity contribution is 5.87. The Hall–Kier alpha value is -3.78. The lowest BCUT2D eigenvalue weighted by molar-refractivity contribution is -0.184. The first kappa shape index (κ1) is 43.3. The maximum Gasteiger partial charge on any atom is 0.333 e. The predicted octanol–water partition coefficient (Wildman–Crippen LogP) is 5.77. The van der Waals surface area contributed by atoms with Crippen LogP contribution in [0.4, 0.5) is 0 Å². The molecule has 0 radical (unpaired) electrons. The summed E-state index contributed by atoms with van der Waals surface area (Å²) in [6.45, 7) is 16.2. The number of rotatable bonds is 6. The molecule has 56 heavy (non-hydrogen) atoms. The Morgan fingerprint density at radius 3 is 1.30 bits per heavy atom. The lowest BCUT2D eigenvalue weighted by Gasteiger charge is -2.58. The smallest absolute Gasteiger partial charge is 0.333 e. The fraction of sp³-hybridized carbons (Fsp3) is 0.762. The molecule has 0 spiro atoms. The van der Waals surface area contributed by atoms with Crippen LogP contribution < -0.4 is 0 Å². The van der Waals surface area contributed by atoms with Gasteiger partial charge in [-0.2, -0.15) is 0 Å². The van der Waals surface area contributed by atoms with Gasteiger partial charge in [0, 0.05) is 22.7 Å². The van der Waals surface area contributed by atoms with Gasteiger partial charge in [0.15, 0.2) is 12.2 Å². The number of carboxylic acid groups (broad SMARTS) is 4. The summed E-state index contributed by atoms with van der Waals surface area (Å²) < 4.78 is 24.0. The standard InChI is InChI=1S/C42H60O14/c1-23-9-11-29-39(3)13-7-15-41(29,5)27(23)19-53-33(35(47)48)25(17-31(43)44)37(51)56-22-40(4)14-8-16-42(6)28(24(2)10-12-30(40)42)20-54-34(36(49)50)26(18-32(45)46)38(52)55-21-39/h25-30,33-34H,1-2,7-22H2,3-6H3,(H,43,44)(H,45,46)(H,47,48)(H,49,50)/t25-,26+,27-,28-,29-,30-,33+,34+,39-,40-,41+,42+/m0/s1. The van der Waals surface area contributed by atoms with E-state index in [1.807, 2.05) is 13.8 Å². The van der Waals surface area contributed by atoms with Crippen molar-refractivity contribution in [2.45, 2.75) is 117 Å². The first-order valence-corrected chi connectivity index (χ1v) is 20.0. The highest BCUT2D eigenvalue weighted by Gasteiger charge is 2.58. The van der Waals surface area contributed by atoms with E-state index in [1.54, 1.807) is 0 Å². The Balaban J connectivity index is 1.57. The SMILES string of the molecule is C=C1CC[C@H]2[C@@]3(C)CCC[C@]2(C)[C@H]1CO[C@@H](C(=O)O)[C@@H](CC(=O)O)C(=O)OC[C@]1(C)CCC[C@]2(C)[C@@H](CO[C@@H](C(=O)O)[C@H](CC(=O)O)C(=O)OC3)C(=C)CC[C@@H]12. The van der Waals surface area contributed by atoms with Crippen molar-refractivity contribution < 1.29 is 68.1 Å². The summed E-state index contributed by atoms with van der Waals surface area (Å²) in [5.74, 6) is -11.9. The molecule has 14 heteroatoms. The molecule has 14 nitrogen and oxygen atoms in total. The highest BCUT2D eigenvalue weighted by Crippen LogP contribution is 2.62. The van der Waals surface area contributed by atoms with Gasteiger partial charge in [-0.25, -0.2) is 9.59 Å². The number of carboxylic acids is 4. The Bertz CT molecular complexity index is 1490. The number of hydrogen-bond acceptors (Lipinski definition) is 10. The molecule has 4 aliphatic carbocycles. The molecule has 0 aromatic heterocycles. The van der Waals surface area contributed by atoms with E-state index < -0.39 is 106 Å². The maximum atomic E-state index is 13.9. The molecule has 0 unspecified atom stereocenters. The van der Waals surface area contributed by atoms with Gasteiger partial charge < -0.3 is 39.4 Å². The van der Waals surface area contributed by atoms with Gasteiger partial charge in [0.2, 0.25) is 0 Å². The summed E-state index contributed by atoms with van der Waals surface area (Å²) in [5, 5.41) is 40.5. The number of aliphatic carboxylic acids is 4. The average molecular weight is 789 g/mol. The summed E-state index contributed by atoms with van der Waals surface area (Å²) in [6, 6.07) is 0. The van der Waals surface area contributed by atoms with Crippen LogP contribution in [0.3, 0.4) is 0 Å². The first-order chi connectivity index (χ1) is 26.2. The summed E-state index contributed by atoms with van der Waals surface area (Å²) in [4.78, 5) is 77.6. The largest absolute Gasteiger partial charge is 0.481 e. The van der Waals surface area contributed by atoms with Crippen LogP contribution in [0.2, 0.25) is 0 Å². The second kappa shape index (κ2) is 16.6. The molecular weight excluding hydrogens is 728 g/mol. The number of cyclic esters (lactones) is 2. The van der Waals surface area contributed by atoms with Crippen LogP contribution in [-0.4, -0.2) is 94.9 Å². The maximum absolute atomic E-state index is 13.9. The topological polar surface area (TPSA) is 220 Å². The van der Waals surface area contributed by atoms with Crippen molar-refractivity contribution in [3.05, 3.63) is 24.3 Å². The lowest BCUT2D eigenvalue weighted by Crippen LogP contribution is -2.54. The van der Waals surface area contributed by atoms with Gasteiger partial charge in [0.05, 0.1) is 39.3 Å². The molecule has 1 saturated heterocycles. The van der Waals surface area contributed by atoms with Gasteiger partial charge in [-0.3, -0.25) is 19.2 Å². The average Bonchev–Trinajstić information content (AvgIpc) is 3.09. The van der Waals surface area contributed by atoms with E-state index in [9.17, 15) is 49.2 Å². The van der Waals surface area contributed by atoms with Crippen molar-refractivity contribution in [3.8, 4) is 0 Å². The second-order valence-electron chi connectivity index (χ2n) is 18.4. The van der Waals surface area contributed by atoms with Gasteiger partial charge >= 0.3 is 35.8 Å². The third kappa shape index (κ3) is 8.42. The van der Waals surface area contributed by atoms with Gasteiger partial charge in [-0.1, -0.05) is 64.8 Å². The van der Waals surface area contributed by atoms with Crippen LogP contribution in [0.1, 0.15) is 105 Å². The number of carbonyl (C=O) groups excluding carboxylic acids is 2.